The zero-order chi connectivity index (χ0) is 13.6. The molecule has 0 saturated carbocycles. The molecule has 0 aromatic heterocycles. The molecule has 6 nitrogen and oxygen atoms in total. The topological polar surface area (TPSA) is 76.7 Å². The van der Waals surface area contributed by atoms with Gasteiger partial charge in [0, 0.05) is 6.54 Å². The van der Waals surface area contributed by atoms with Crippen LogP contribution in [0.1, 0.15) is 19.8 Å². The lowest BCUT2D eigenvalue weighted by molar-refractivity contribution is -0.128. The highest BCUT2D eigenvalue weighted by atomic mass is 16.5. The molecule has 0 bridgehead atoms. The molecule has 2 N–H and O–H groups in total. The molecule has 0 aromatic carbocycles. The summed E-state index contributed by atoms with van der Waals surface area (Å²) in [4.78, 5) is 22.0. The van der Waals surface area contributed by atoms with E-state index in [-0.39, 0.29) is 12.5 Å². The van der Waals surface area contributed by atoms with E-state index in [1.807, 2.05) is 14.0 Å². The number of ether oxygens (including phenoxy) is 2. The number of rotatable bonds is 12. The molecule has 1 unspecified atom stereocenters. The SMILES string of the molecule is CCCC(C=O)NC(=O)COCCOCCNC. The molecule has 106 valence electrons. The Morgan fingerprint density at radius 2 is 2.00 bits per heavy atom. The van der Waals surface area contributed by atoms with Gasteiger partial charge in [0.15, 0.2) is 0 Å². The van der Waals surface area contributed by atoms with Crippen LogP contribution in [-0.4, -0.2) is 58.3 Å². The van der Waals surface area contributed by atoms with E-state index in [1.165, 1.54) is 0 Å². The third kappa shape index (κ3) is 10.2. The predicted molar refractivity (Wildman–Crippen MR) is 68.5 cm³/mol. The quantitative estimate of drug-likeness (QED) is 0.373. The number of hydrogen-bond donors (Lipinski definition) is 2. The van der Waals surface area contributed by atoms with Gasteiger partial charge < -0.3 is 24.9 Å². The van der Waals surface area contributed by atoms with Gasteiger partial charge in [-0.15, -0.1) is 0 Å². The Kier molecular flexibility index (Phi) is 11.8. The minimum atomic E-state index is -0.405. The fraction of sp³-hybridized carbons (Fsp3) is 0.833. The van der Waals surface area contributed by atoms with Gasteiger partial charge in [0.1, 0.15) is 12.9 Å². The van der Waals surface area contributed by atoms with E-state index in [9.17, 15) is 9.59 Å². The number of amides is 1. The molecule has 0 saturated heterocycles. The third-order valence-electron chi connectivity index (χ3n) is 2.21. The molecule has 0 aliphatic carbocycles. The van der Waals surface area contributed by atoms with E-state index >= 15 is 0 Å². The van der Waals surface area contributed by atoms with Gasteiger partial charge in [-0.3, -0.25) is 4.79 Å². The summed E-state index contributed by atoms with van der Waals surface area (Å²) in [6.45, 7) is 4.16. The van der Waals surface area contributed by atoms with E-state index in [0.717, 1.165) is 19.3 Å². The lowest BCUT2D eigenvalue weighted by atomic mass is 10.2. The normalized spacial score (nSPS) is 12.1. The van der Waals surface area contributed by atoms with E-state index in [2.05, 4.69) is 10.6 Å². The summed E-state index contributed by atoms with van der Waals surface area (Å²) in [6.07, 6.45) is 2.26. The van der Waals surface area contributed by atoms with Crippen molar-refractivity contribution in [2.75, 3.05) is 40.0 Å². The van der Waals surface area contributed by atoms with Crippen LogP contribution in [-0.2, 0) is 19.1 Å². The molecular formula is C12H24N2O4. The largest absolute Gasteiger partial charge is 0.378 e. The van der Waals surface area contributed by atoms with Gasteiger partial charge in [0.2, 0.25) is 5.91 Å². The van der Waals surface area contributed by atoms with E-state index < -0.39 is 6.04 Å². The third-order valence-corrected chi connectivity index (χ3v) is 2.21. The Balaban J connectivity index is 3.43. The summed E-state index contributed by atoms with van der Waals surface area (Å²) in [5.41, 5.74) is 0. The standard InChI is InChI=1S/C12H24N2O4/c1-3-4-11(9-15)14-12(16)10-18-8-7-17-6-5-13-2/h9,11,13H,3-8,10H2,1-2H3,(H,14,16). The lowest BCUT2D eigenvalue weighted by Crippen LogP contribution is -2.38. The maximum Gasteiger partial charge on any atom is 0.246 e. The van der Waals surface area contributed by atoms with Crippen LogP contribution in [0.5, 0.6) is 0 Å². The molecule has 0 radical (unpaired) electrons. The first-order valence-electron chi connectivity index (χ1n) is 6.29. The Morgan fingerprint density at radius 3 is 2.61 bits per heavy atom. The van der Waals surface area contributed by atoms with Crippen LogP contribution in [0.2, 0.25) is 0 Å². The molecule has 0 aliphatic heterocycles. The van der Waals surface area contributed by atoms with Crippen molar-refractivity contribution < 1.29 is 19.1 Å². The second kappa shape index (κ2) is 12.5. The first kappa shape index (κ1) is 17.0. The molecule has 0 aliphatic rings. The van der Waals surface area contributed by atoms with Crippen molar-refractivity contribution >= 4 is 12.2 Å². The Morgan fingerprint density at radius 1 is 1.28 bits per heavy atom. The highest BCUT2D eigenvalue weighted by Gasteiger charge is 2.09. The first-order valence-corrected chi connectivity index (χ1v) is 6.29. The van der Waals surface area contributed by atoms with Gasteiger partial charge in [0.25, 0.3) is 0 Å². The van der Waals surface area contributed by atoms with Crippen LogP contribution in [0.4, 0.5) is 0 Å². The van der Waals surface area contributed by atoms with Crippen LogP contribution in [0.15, 0.2) is 0 Å². The highest BCUT2D eigenvalue weighted by molar-refractivity contribution is 5.80. The van der Waals surface area contributed by atoms with E-state index in [1.54, 1.807) is 0 Å². The summed E-state index contributed by atoms with van der Waals surface area (Å²) in [5.74, 6) is -0.268. The van der Waals surface area contributed by atoms with Crippen molar-refractivity contribution in [3.63, 3.8) is 0 Å². The van der Waals surface area contributed by atoms with Gasteiger partial charge in [0.05, 0.1) is 25.9 Å². The minimum absolute atomic E-state index is 0.0383. The van der Waals surface area contributed by atoms with Crippen LogP contribution >= 0.6 is 0 Å². The average Bonchev–Trinajstić information content (AvgIpc) is 2.37. The van der Waals surface area contributed by atoms with Crippen molar-refractivity contribution in [1.82, 2.24) is 10.6 Å². The molecule has 0 fully saturated rings. The molecule has 0 heterocycles. The maximum atomic E-state index is 11.4. The zero-order valence-electron chi connectivity index (χ0n) is 11.2. The van der Waals surface area contributed by atoms with Gasteiger partial charge in [-0.1, -0.05) is 13.3 Å². The summed E-state index contributed by atoms with van der Waals surface area (Å²) in [7, 11) is 1.85. The predicted octanol–water partition coefficient (Wildman–Crippen LogP) is -0.277. The number of aldehydes is 1. The molecule has 0 spiro atoms. The number of carbonyl (C=O) groups is 2. The lowest BCUT2D eigenvalue weighted by Gasteiger charge is -2.11. The molecular weight excluding hydrogens is 236 g/mol. The second-order valence-electron chi connectivity index (χ2n) is 3.87. The van der Waals surface area contributed by atoms with E-state index in [0.29, 0.717) is 26.2 Å². The summed E-state index contributed by atoms with van der Waals surface area (Å²) >= 11 is 0. The van der Waals surface area contributed by atoms with Crippen molar-refractivity contribution in [2.24, 2.45) is 0 Å². The van der Waals surface area contributed by atoms with Crippen LogP contribution in [0.3, 0.4) is 0 Å². The van der Waals surface area contributed by atoms with Crippen LogP contribution in [0, 0.1) is 0 Å². The van der Waals surface area contributed by atoms with Crippen LogP contribution in [0.25, 0.3) is 0 Å². The minimum Gasteiger partial charge on any atom is -0.378 e. The average molecular weight is 260 g/mol. The van der Waals surface area contributed by atoms with E-state index in [4.69, 9.17) is 9.47 Å². The van der Waals surface area contributed by atoms with Gasteiger partial charge in [-0.25, -0.2) is 0 Å². The summed E-state index contributed by atoms with van der Waals surface area (Å²) in [5, 5.41) is 5.55. The number of carbonyl (C=O) groups excluding carboxylic acids is 2. The molecule has 18 heavy (non-hydrogen) atoms. The Labute approximate surface area is 108 Å². The Bertz CT molecular complexity index is 224. The molecule has 0 rings (SSSR count). The number of nitrogens with one attached hydrogen (secondary N) is 2. The van der Waals surface area contributed by atoms with Gasteiger partial charge in [-0.2, -0.15) is 0 Å². The summed E-state index contributed by atoms with van der Waals surface area (Å²) < 4.78 is 10.3. The maximum absolute atomic E-state index is 11.4. The molecule has 1 amide bonds. The fourth-order valence-electron chi connectivity index (χ4n) is 1.29. The zero-order valence-corrected chi connectivity index (χ0v) is 11.2. The molecule has 6 heteroatoms. The first-order chi connectivity index (χ1) is 8.74. The van der Waals surface area contributed by atoms with Crippen molar-refractivity contribution in [1.29, 1.82) is 0 Å². The molecule has 0 aromatic rings. The monoisotopic (exact) mass is 260 g/mol. The smallest absolute Gasteiger partial charge is 0.246 e. The van der Waals surface area contributed by atoms with Crippen molar-refractivity contribution in [3.05, 3.63) is 0 Å². The van der Waals surface area contributed by atoms with Gasteiger partial charge in [-0.05, 0) is 13.5 Å². The van der Waals surface area contributed by atoms with Crippen molar-refractivity contribution in [3.8, 4) is 0 Å². The van der Waals surface area contributed by atoms with Crippen LogP contribution < -0.4 is 10.6 Å². The number of hydrogen-bond acceptors (Lipinski definition) is 5. The highest BCUT2D eigenvalue weighted by Crippen LogP contribution is 1.93. The fourth-order valence-corrected chi connectivity index (χ4v) is 1.29. The second-order valence-corrected chi connectivity index (χ2v) is 3.87. The van der Waals surface area contributed by atoms with Crippen molar-refractivity contribution in [2.45, 2.75) is 25.8 Å². The summed E-state index contributed by atoms with van der Waals surface area (Å²) in [6, 6.07) is -0.405. The van der Waals surface area contributed by atoms with Gasteiger partial charge >= 0.3 is 0 Å². The molecule has 1 atom stereocenters. The Hall–Kier alpha value is -0.980. The number of likely N-dealkylation sites (N-methyl/N-ethyl adjacent to an activating group) is 1.